The molecule has 0 amide bonds. The summed E-state index contributed by atoms with van der Waals surface area (Å²) in [5.41, 5.74) is 7.61. The average molecular weight is 337 g/mol. The maximum Gasteiger partial charge on any atom is 0.420 e. The Morgan fingerprint density at radius 1 is 1.25 bits per heavy atom. The zero-order chi connectivity index (χ0) is 14.3. The molecule has 2 aromatic carbocycles. The molecule has 102 valence electrons. The van der Waals surface area contributed by atoms with Gasteiger partial charge in [0.25, 0.3) is 0 Å². The molecule has 6 heteroatoms. The van der Waals surface area contributed by atoms with E-state index < -0.39 is 5.76 Å². The molecule has 0 atom stereocenters. The molecular weight excluding hydrogens is 327 g/mol. The average Bonchev–Trinajstić information content (AvgIpc) is 2.69. The zero-order valence-electron chi connectivity index (χ0n) is 10.3. The van der Waals surface area contributed by atoms with Crippen LogP contribution in [0.1, 0.15) is 5.56 Å². The first-order valence-corrected chi connectivity index (χ1v) is 6.67. The zero-order valence-corrected chi connectivity index (χ0v) is 11.9. The van der Waals surface area contributed by atoms with Crippen molar-refractivity contribution in [2.45, 2.75) is 6.54 Å². The molecule has 1 heterocycles. The van der Waals surface area contributed by atoms with Crippen LogP contribution in [0, 0.1) is 5.82 Å². The summed E-state index contributed by atoms with van der Waals surface area (Å²) < 4.78 is 21.0. The summed E-state index contributed by atoms with van der Waals surface area (Å²) in [6.45, 7) is 0.0917. The van der Waals surface area contributed by atoms with Crippen molar-refractivity contribution in [3.8, 4) is 0 Å². The Bertz CT molecular complexity index is 854. The van der Waals surface area contributed by atoms with Crippen LogP contribution in [-0.2, 0) is 6.54 Å². The van der Waals surface area contributed by atoms with Gasteiger partial charge in [-0.3, -0.25) is 4.57 Å². The lowest BCUT2D eigenvalue weighted by Crippen LogP contribution is -2.15. The van der Waals surface area contributed by atoms with Crippen molar-refractivity contribution in [2.24, 2.45) is 0 Å². The molecule has 0 aliphatic carbocycles. The van der Waals surface area contributed by atoms with E-state index in [1.807, 2.05) is 0 Å². The molecule has 1 aromatic heterocycles. The van der Waals surface area contributed by atoms with Gasteiger partial charge in [0.1, 0.15) is 5.82 Å². The van der Waals surface area contributed by atoms with E-state index >= 15 is 0 Å². The number of oxazole rings is 1. The van der Waals surface area contributed by atoms with Crippen LogP contribution in [0.3, 0.4) is 0 Å². The molecular formula is C14H10BrFN2O2. The van der Waals surface area contributed by atoms with Gasteiger partial charge in [-0.15, -0.1) is 0 Å². The van der Waals surface area contributed by atoms with Crippen molar-refractivity contribution < 1.29 is 8.81 Å². The Morgan fingerprint density at radius 3 is 2.80 bits per heavy atom. The Kier molecular flexibility index (Phi) is 3.10. The first kappa shape index (κ1) is 12.9. The number of nitrogens with two attached hydrogens (primary N) is 1. The van der Waals surface area contributed by atoms with Crippen molar-refractivity contribution >= 4 is 32.7 Å². The van der Waals surface area contributed by atoms with E-state index in [9.17, 15) is 9.18 Å². The topological polar surface area (TPSA) is 61.2 Å². The third-order valence-electron chi connectivity index (χ3n) is 3.04. The van der Waals surface area contributed by atoms with Crippen LogP contribution < -0.4 is 11.5 Å². The summed E-state index contributed by atoms with van der Waals surface area (Å²) in [5, 5.41) is 0. The fourth-order valence-corrected chi connectivity index (χ4v) is 2.38. The van der Waals surface area contributed by atoms with Gasteiger partial charge in [0, 0.05) is 15.7 Å². The predicted molar refractivity (Wildman–Crippen MR) is 78.1 cm³/mol. The molecule has 0 radical (unpaired) electrons. The van der Waals surface area contributed by atoms with E-state index in [1.165, 1.54) is 10.6 Å². The highest BCUT2D eigenvalue weighted by Gasteiger charge is 2.12. The number of fused-ring (bicyclic) bond motifs is 1. The molecule has 0 saturated carbocycles. The number of anilines is 1. The smallest absolute Gasteiger partial charge is 0.408 e. The van der Waals surface area contributed by atoms with Crippen LogP contribution in [0.2, 0.25) is 0 Å². The van der Waals surface area contributed by atoms with Crippen LogP contribution in [0.25, 0.3) is 11.1 Å². The fourth-order valence-electron chi connectivity index (χ4n) is 2.05. The Hall–Kier alpha value is -2.08. The molecule has 0 aliphatic rings. The molecule has 0 unspecified atom stereocenters. The number of halogens is 2. The van der Waals surface area contributed by atoms with E-state index in [2.05, 4.69) is 15.9 Å². The minimum absolute atomic E-state index is 0.0917. The number of benzene rings is 2. The van der Waals surface area contributed by atoms with E-state index in [1.54, 1.807) is 30.3 Å². The second kappa shape index (κ2) is 4.79. The third kappa shape index (κ3) is 2.22. The van der Waals surface area contributed by atoms with Crippen molar-refractivity contribution in [1.29, 1.82) is 0 Å². The fraction of sp³-hybridized carbons (Fsp3) is 0.0714. The van der Waals surface area contributed by atoms with Crippen LogP contribution in [-0.4, -0.2) is 4.57 Å². The SMILES string of the molecule is Nc1ccc2oc(=O)n(Cc3ccc(Br)cc3F)c2c1. The van der Waals surface area contributed by atoms with Crippen LogP contribution in [0.4, 0.5) is 10.1 Å². The van der Waals surface area contributed by atoms with Gasteiger partial charge in [0.05, 0.1) is 12.1 Å². The lowest BCUT2D eigenvalue weighted by molar-refractivity contribution is 0.512. The number of rotatable bonds is 2. The standard InChI is InChI=1S/C14H10BrFN2O2/c15-9-2-1-8(11(16)5-9)7-18-12-6-10(17)3-4-13(12)20-14(18)19/h1-6H,7,17H2. The van der Waals surface area contributed by atoms with Crippen LogP contribution in [0.15, 0.2) is 50.1 Å². The highest BCUT2D eigenvalue weighted by atomic mass is 79.9. The Morgan fingerprint density at radius 2 is 2.05 bits per heavy atom. The minimum atomic E-state index is -0.534. The molecule has 0 fully saturated rings. The van der Waals surface area contributed by atoms with Crippen molar-refractivity contribution in [2.75, 3.05) is 5.73 Å². The summed E-state index contributed by atoms with van der Waals surface area (Å²) >= 11 is 3.19. The molecule has 2 N–H and O–H groups in total. The van der Waals surface area contributed by atoms with Crippen LogP contribution >= 0.6 is 15.9 Å². The quantitative estimate of drug-likeness (QED) is 0.731. The van der Waals surface area contributed by atoms with Gasteiger partial charge in [-0.25, -0.2) is 9.18 Å². The van der Waals surface area contributed by atoms with Gasteiger partial charge >= 0.3 is 5.76 Å². The maximum atomic E-state index is 13.9. The first-order valence-electron chi connectivity index (χ1n) is 5.87. The number of hydrogen-bond donors (Lipinski definition) is 1. The number of nitrogens with zero attached hydrogens (tertiary/aromatic N) is 1. The highest BCUT2D eigenvalue weighted by molar-refractivity contribution is 9.10. The van der Waals surface area contributed by atoms with Gasteiger partial charge < -0.3 is 10.2 Å². The molecule has 0 spiro atoms. The van der Waals surface area contributed by atoms with Crippen LogP contribution in [0.5, 0.6) is 0 Å². The van der Waals surface area contributed by atoms with Gasteiger partial charge in [-0.1, -0.05) is 22.0 Å². The second-order valence-electron chi connectivity index (χ2n) is 4.42. The summed E-state index contributed by atoms with van der Waals surface area (Å²) in [6.07, 6.45) is 0. The normalized spacial score (nSPS) is 11.1. The van der Waals surface area contributed by atoms with Gasteiger partial charge in [-0.05, 0) is 30.3 Å². The third-order valence-corrected chi connectivity index (χ3v) is 3.53. The maximum absolute atomic E-state index is 13.9. The van der Waals surface area contributed by atoms with E-state index in [4.69, 9.17) is 10.2 Å². The molecule has 20 heavy (non-hydrogen) atoms. The first-order chi connectivity index (χ1) is 9.54. The van der Waals surface area contributed by atoms with E-state index in [0.29, 0.717) is 26.8 Å². The molecule has 0 saturated heterocycles. The second-order valence-corrected chi connectivity index (χ2v) is 5.33. The monoisotopic (exact) mass is 336 g/mol. The molecule has 0 bridgehead atoms. The van der Waals surface area contributed by atoms with Gasteiger partial charge in [0.15, 0.2) is 5.58 Å². The molecule has 3 aromatic rings. The highest BCUT2D eigenvalue weighted by Crippen LogP contribution is 2.20. The minimum Gasteiger partial charge on any atom is -0.408 e. The molecule has 0 aliphatic heterocycles. The number of hydrogen-bond acceptors (Lipinski definition) is 3. The Balaban J connectivity index is 2.12. The van der Waals surface area contributed by atoms with E-state index in [0.717, 1.165) is 0 Å². The molecule has 4 nitrogen and oxygen atoms in total. The lowest BCUT2D eigenvalue weighted by atomic mass is 10.2. The summed E-state index contributed by atoms with van der Waals surface area (Å²) in [7, 11) is 0. The Labute approximate surface area is 121 Å². The lowest BCUT2D eigenvalue weighted by Gasteiger charge is -2.05. The number of nitrogen functional groups attached to an aromatic ring is 1. The van der Waals surface area contributed by atoms with Gasteiger partial charge in [0.2, 0.25) is 0 Å². The van der Waals surface area contributed by atoms with Crippen molar-refractivity contribution in [3.05, 3.63) is 62.8 Å². The summed E-state index contributed by atoms with van der Waals surface area (Å²) in [5.74, 6) is -0.919. The molecule has 3 rings (SSSR count). The summed E-state index contributed by atoms with van der Waals surface area (Å²) in [6, 6.07) is 9.61. The van der Waals surface area contributed by atoms with Crippen molar-refractivity contribution in [1.82, 2.24) is 4.57 Å². The van der Waals surface area contributed by atoms with E-state index in [-0.39, 0.29) is 12.4 Å². The summed E-state index contributed by atoms with van der Waals surface area (Å²) in [4.78, 5) is 11.9. The number of aromatic nitrogens is 1. The van der Waals surface area contributed by atoms with Gasteiger partial charge in [-0.2, -0.15) is 0 Å². The largest absolute Gasteiger partial charge is 0.420 e. The van der Waals surface area contributed by atoms with Crippen molar-refractivity contribution in [3.63, 3.8) is 0 Å². The predicted octanol–water partition coefficient (Wildman–Crippen LogP) is 3.13.